The largest absolute Gasteiger partial charge is 0.477 e. The molecule has 1 fully saturated rings. The maximum Gasteiger partial charge on any atom is 0.352 e. The van der Waals surface area contributed by atoms with E-state index in [0.717, 1.165) is 12.6 Å². The molecule has 3 N–H and O–H groups in total. The first-order valence-corrected chi connectivity index (χ1v) is 8.14. The van der Waals surface area contributed by atoms with Crippen LogP contribution >= 0.6 is 0 Å². The molecule has 0 aromatic carbocycles. The van der Waals surface area contributed by atoms with Gasteiger partial charge in [0.25, 0.3) is 0 Å². The van der Waals surface area contributed by atoms with Crippen LogP contribution in [0.5, 0.6) is 0 Å². The number of carboxylic acids is 1. The van der Waals surface area contributed by atoms with Gasteiger partial charge < -0.3 is 15.2 Å². The van der Waals surface area contributed by atoms with Crippen molar-refractivity contribution in [3.05, 3.63) is 18.0 Å². The van der Waals surface area contributed by atoms with Crippen molar-refractivity contribution in [2.75, 3.05) is 39.3 Å². The number of aliphatic hydroxyl groups excluding tert-OH is 1. The minimum atomic E-state index is -3.69. The maximum atomic E-state index is 12.5. The lowest BCUT2D eigenvalue weighted by Gasteiger charge is -2.20. The predicted molar refractivity (Wildman–Crippen MR) is 74.7 cm³/mol. The molecule has 1 aromatic heterocycles. The average molecular weight is 317 g/mol. The second-order valence-electron chi connectivity index (χ2n) is 4.88. The van der Waals surface area contributed by atoms with Gasteiger partial charge in [0.15, 0.2) is 0 Å². The van der Waals surface area contributed by atoms with Gasteiger partial charge in [0.1, 0.15) is 10.6 Å². The van der Waals surface area contributed by atoms with Gasteiger partial charge in [0.2, 0.25) is 10.0 Å². The van der Waals surface area contributed by atoms with Gasteiger partial charge in [-0.1, -0.05) is 0 Å². The molecule has 0 spiro atoms. The third-order valence-electron chi connectivity index (χ3n) is 3.49. The SMILES string of the molecule is O=C(O)c1cc(S(=O)(=O)N2CCCN(CCO)CC2)c[nH]1. The molecule has 2 rings (SSSR count). The highest BCUT2D eigenvalue weighted by atomic mass is 32.2. The van der Waals surface area contributed by atoms with Crippen LogP contribution < -0.4 is 0 Å². The van der Waals surface area contributed by atoms with Gasteiger partial charge in [-0.3, -0.25) is 4.90 Å². The Morgan fingerprint density at radius 3 is 2.67 bits per heavy atom. The molecular formula is C12H19N3O5S. The average Bonchev–Trinajstić information content (AvgIpc) is 2.82. The molecule has 0 amide bonds. The molecule has 1 aliphatic heterocycles. The van der Waals surface area contributed by atoms with E-state index in [9.17, 15) is 13.2 Å². The van der Waals surface area contributed by atoms with Crippen LogP contribution in [0.4, 0.5) is 0 Å². The van der Waals surface area contributed by atoms with Crippen LogP contribution in [0.3, 0.4) is 0 Å². The van der Waals surface area contributed by atoms with E-state index in [1.165, 1.54) is 10.5 Å². The highest BCUT2D eigenvalue weighted by Gasteiger charge is 2.28. The van der Waals surface area contributed by atoms with Crippen molar-refractivity contribution in [3.8, 4) is 0 Å². The summed E-state index contributed by atoms with van der Waals surface area (Å²) >= 11 is 0. The second kappa shape index (κ2) is 6.56. The van der Waals surface area contributed by atoms with Crippen molar-refractivity contribution >= 4 is 16.0 Å². The van der Waals surface area contributed by atoms with Crippen molar-refractivity contribution in [1.82, 2.24) is 14.2 Å². The summed E-state index contributed by atoms with van der Waals surface area (Å²) in [7, 11) is -3.69. The minimum absolute atomic E-state index is 0.0319. The zero-order chi connectivity index (χ0) is 15.5. The zero-order valence-corrected chi connectivity index (χ0v) is 12.3. The van der Waals surface area contributed by atoms with Crippen LogP contribution in [0.15, 0.2) is 17.2 Å². The van der Waals surface area contributed by atoms with E-state index in [2.05, 4.69) is 4.98 Å². The van der Waals surface area contributed by atoms with E-state index in [-0.39, 0.29) is 17.2 Å². The third-order valence-corrected chi connectivity index (χ3v) is 5.36. The molecule has 0 radical (unpaired) electrons. The third kappa shape index (κ3) is 3.62. The normalized spacial score (nSPS) is 18.5. The molecular weight excluding hydrogens is 298 g/mol. The van der Waals surface area contributed by atoms with Crippen LogP contribution in [-0.4, -0.2) is 78.1 Å². The lowest BCUT2D eigenvalue weighted by atomic mass is 10.4. The molecule has 0 aliphatic carbocycles. The smallest absolute Gasteiger partial charge is 0.352 e. The fraction of sp³-hybridized carbons (Fsp3) is 0.583. The summed E-state index contributed by atoms with van der Waals surface area (Å²) in [5.74, 6) is -1.19. The number of nitrogens with zero attached hydrogens (tertiary/aromatic N) is 2. The van der Waals surface area contributed by atoms with Crippen LogP contribution in [0.1, 0.15) is 16.9 Å². The first-order chi connectivity index (χ1) is 9.95. The number of aromatic carboxylic acids is 1. The Balaban J connectivity index is 2.13. The number of aliphatic hydroxyl groups is 1. The molecule has 8 nitrogen and oxygen atoms in total. The van der Waals surface area contributed by atoms with Gasteiger partial charge >= 0.3 is 5.97 Å². The number of hydrogen-bond acceptors (Lipinski definition) is 5. The van der Waals surface area contributed by atoms with Gasteiger partial charge in [-0.25, -0.2) is 13.2 Å². The molecule has 0 unspecified atom stereocenters. The van der Waals surface area contributed by atoms with Crippen molar-refractivity contribution in [2.24, 2.45) is 0 Å². The monoisotopic (exact) mass is 317 g/mol. The van der Waals surface area contributed by atoms with E-state index in [1.54, 1.807) is 0 Å². The Hall–Kier alpha value is -1.42. The molecule has 0 saturated carbocycles. The van der Waals surface area contributed by atoms with Crippen molar-refractivity contribution in [2.45, 2.75) is 11.3 Å². The molecule has 2 heterocycles. The van der Waals surface area contributed by atoms with Crippen molar-refractivity contribution in [3.63, 3.8) is 0 Å². The zero-order valence-electron chi connectivity index (χ0n) is 11.5. The fourth-order valence-electron chi connectivity index (χ4n) is 2.35. The van der Waals surface area contributed by atoms with E-state index in [0.29, 0.717) is 32.6 Å². The molecule has 9 heteroatoms. The minimum Gasteiger partial charge on any atom is -0.477 e. The Morgan fingerprint density at radius 2 is 2.05 bits per heavy atom. The standard InChI is InChI=1S/C12H19N3O5S/c16-7-6-14-2-1-3-15(5-4-14)21(19,20)10-8-11(12(17)18)13-9-10/h8-9,13,16H,1-7H2,(H,17,18). The quantitative estimate of drug-likeness (QED) is 0.668. The highest BCUT2D eigenvalue weighted by Crippen LogP contribution is 2.18. The number of H-pyrrole nitrogens is 1. The maximum absolute atomic E-state index is 12.5. The molecule has 0 bridgehead atoms. The van der Waals surface area contributed by atoms with Gasteiger partial charge in [-0.15, -0.1) is 0 Å². The van der Waals surface area contributed by atoms with Crippen molar-refractivity contribution in [1.29, 1.82) is 0 Å². The summed E-state index contributed by atoms with van der Waals surface area (Å²) in [6.07, 6.45) is 1.88. The Kier molecular flexibility index (Phi) is 4.99. The molecule has 1 aliphatic rings. The lowest BCUT2D eigenvalue weighted by molar-refractivity contribution is 0.0691. The molecule has 118 valence electrons. The predicted octanol–water partition coefficient (Wildman–Crippen LogP) is -0.598. The summed E-state index contributed by atoms with van der Waals surface area (Å²) in [6.45, 7) is 2.58. The van der Waals surface area contributed by atoms with Gasteiger partial charge in [-0.05, 0) is 19.0 Å². The number of aromatic amines is 1. The molecule has 0 atom stereocenters. The Morgan fingerprint density at radius 1 is 1.29 bits per heavy atom. The Bertz CT molecular complexity index is 598. The second-order valence-corrected chi connectivity index (χ2v) is 6.82. The van der Waals surface area contributed by atoms with Gasteiger partial charge in [0.05, 0.1) is 6.61 Å². The van der Waals surface area contributed by atoms with E-state index in [1.807, 2.05) is 4.90 Å². The summed E-state index contributed by atoms with van der Waals surface area (Å²) in [5, 5.41) is 17.8. The van der Waals surface area contributed by atoms with E-state index in [4.69, 9.17) is 10.2 Å². The van der Waals surface area contributed by atoms with Crippen LogP contribution in [0.2, 0.25) is 0 Å². The number of carbonyl (C=O) groups is 1. The molecule has 1 aromatic rings. The number of rotatable bonds is 5. The number of nitrogens with one attached hydrogen (secondary N) is 1. The lowest BCUT2D eigenvalue weighted by Crippen LogP contribution is -2.35. The number of β-amino-alcohol motifs (C(OH)–C–C–N with tert-alkyl or cyclic N) is 1. The van der Waals surface area contributed by atoms with Crippen LogP contribution in [-0.2, 0) is 10.0 Å². The van der Waals surface area contributed by atoms with Crippen molar-refractivity contribution < 1.29 is 23.4 Å². The first-order valence-electron chi connectivity index (χ1n) is 6.70. The summed E-state index contributed by atoms with van der Waals surface area (Å²) < 4.78 is 26.3. The number of hydrogen-bond donors (Lipinski definition) is 3. The van der Waals surface area contributed by atoms with E-state index >= 15 is 0 Å². The first kappa shape index (κ1) is 16.0. The summed E-state index contributed by atoms with van der Waals surface area (Å²) in [4.78, 5) is 15.2. The molecule has 1 saturated heterocycles. The number of sulfonamides is 1. The summed E-state index contributed by atoms with van der Waals surface area (Å²) in [6, 6.07) is 1.13. The topological polar surface area (TPSA) is 114 Å². The summed E-state index contributed by atoms with van der Waals surface area (Å²) in [5.41, 5.74) is -0.148. The van der Waals surface area contributed by atoms with Gasteiger partial charge in [-0.2, -0.15) is 4.31 Å². The number of aromatic nitrogens is 1. The van der Waals surface area contributed by atoms with Crippen LogP contribution in [0.25, 0.3) is 0 Å². The highest BCUT2D eigenvalue weighted by molar-refractivity contribution is 7.89. The van der Waals surface area contributed by atoms with Crippen LogP contribution in [0, 0.1) is 0 Å². The van der Waals surface area contributed by atoms with Gasteiger partial charge in [0, 0.05) is 32.4 Å². The fourth-order valence-corrected chi connectivity index (χ4v) is 3.81. The number of carboxylic acid groups (broad SMARTS) is 1. The van der Waals surface area contributed by atoms with E-state index < -0.39 is 16.0 Å². The molecule has 21 heavy (non-hydrogen) atoms. The Labute approximate surface area is 123 Å².